The molecule has 1 aliphatic rings. The molecule has 10 aromatic carbocycles. The average Bonchev–Trinajstić information content (AvgIpc) is 3.88. The second-order valence-corrected chi connectivity index (χ2v) is 23.2. The molecule has 1 aromatic heterocycles. The lowest BCUT2D eigenvalue weighted by molar-refractivity contribution is 0.569. The van der Waals surface area contributed by atoms with Crippen LogP contribution in [0.3, 0.4) is 0 Å². The fraction of sp³-hybridized carbons (Fsp3) is 0.159. The second kappa shape index (κ2) is 16.8. The van der Waals surface area contributed by atoms with Crippen LogP contribution in [0.5, 0.6) is 0 Å². The van der Waals surface area contributed by atoms with Gasteiger partial charge in [-0.1, -0.05) is 231 Å². The summed E-state index contributed by atoms with van der Waals surface area (Å²) in [5, 5.41) is 5.08. The van der Waals surface area contributed by atoms with Crippen LogP contribution in [0.25, 0.3) is 86.6 Å². The first kappa shape index (κ1) is 44.7. The van der Waals surface area contributed by atoms with Crippen LogP contribution in [-0.4, -0.2) is 0 Å². The van der Waals surface area contributed by atoms with Crippen molar-refractivity contribution in [3.8, 4) is 55.6 Å². The molecule has 0 spiro atoms. The highest BCUT2D eigenvalue weighted by Gasteiger charge is 2.36. The number of para-hydroxylation sites is 2. The Morgan fingerprint density at radius 1 is 0.380 bits per heavy atom. The summed E-state index contributed by atoms with van der Waals surface area (Å²) in [6.45, 7) is 18.7. The predicted octanol–water partition coefficient (Wildman–Crippen LogP) is 20.2. The minimum atomic E-state index is -0.0749. The second-order valence-electron chi connectivity index (χ2n) is 22.1. The number of anilines is 3. The topological polar surface area (TPSA) is 3.24 Å². The number of fused-ring (bicyclic) bond motifs is 7. The molecule has 2 heteroatoms. The van der Waals surface area contributed by atoms with Gasteiger partial charge in [0.25, 0.3) is 0 Å². The highest BCUT2D eigenvalue weighted by atomic mass is 32.1. The first-order valence-electron chi connectivity index (χ1n) is 25.2. The molecule has 11 aromatic rings. The average molecular weight is 934 g/mol. The summed E-state index contributed by atoms with van der Waals surface area (Å²) in [5.74, 6) is 0. The van der Waals surface area contributed by atoms with Crippen molar-refractivity contribution in [3.05, 3.63) is 235 Å². The van der Waals surface area contributed by atoms with Crippen LogP contribution in [0.2, 0.25) is 0 Å². The van der Waals surface area contributed by atoms with E-state index in [1.807, 2.05) is 11.3 Å². The van der Waals surface area contributed by atoms with Crippen LogP contribution < -0.4 is 4.90 Å². The molecule has 0 saturated heterocycles. The van der Waals surface area contributed by atoms with Crippen LogP contribution in [0.1, 0.15) is 77.6 Å². The maximum absolute atomic E-state index is 2.52. The Labute approximate surface area is 423 Å². The number of rotatable bonds is 7. The molecule has 1 heterocycles. The Bertz CT molecular complexity index is 3830. The van der Waals surface area contributed by atoms with Crippen molar-refractivity contribution >= 4 is 59.3 Å². The minimum Gasteiger partial charge on any atom is -0.309 e. The van der Waals surface area contributed by atoms with Gasteiger partial charge in [-0.25, -0.2) is 0 Å². The summed E-state index contributed by atoms with van der Waals surface area (Å²) in [6, 6.07) is 80.0. The molecule has 12 rings (SSSR count). The van der Waals surface area contributed by atoms with Gasteiger partial charge >= 0.3 is 0 Å². The molecule has 0 N–H and O–H groups in total. The summed E-state index contributed by atoms with van der Waals surface area (Å²) in [4.78, 5) is 2.52. The van der Waals surface area contributed by atoms with Gasteiger partial charge in [0.05, 0.1) is 11.4 Å². The van der Waals surface area contributed by atoms with E-state index in [0.717, 1.165) is 17.1 Å². The van der Waals surface area contributed by atoms with E-state index in [9.17, 15) is 0 Å². The van der Waals surface area contributed by atoms with Crippen LogP contribution in [-0.2, 0) is 16.2 Å². The van der Waals surface area contributed by atoms with Crippen molar-refractivity contribution in [3.63, 3.8) is 0 Å². The number of nitrogens with zero attached hydrogens (tertiary/aromatic N) is 1. The van der Waals surface area contributed by atoms with Gasteiger partial charge in [-0.2, -0.15) is 0 Å². The third-order valence-corrected chi connectivity index (χ3v) is 16.3. The number of thiophene rings is 1. The van der Waals surface area contributed by atoms with Gasteiger partial charge in [0.2, 0.25) is 0 Å². The molecular weight excluding hydrogens is 875 g/mol. The van der Waals surface area contributed by atoms with E-state index in [-0.39, 0.29) is 16.2 Å². The summed E-state index contributed by atoms with van der Waals surface area (Å²) < 4.78 is 2.60. The number of hydrogen-bond acceptors (Lipinski definition) is 2. The maximum atomic E-state index is 2.52. The molecule has 71 heavy (non-hydrogen) atoms. The van der Waals surface area contributed by atoms with Crippen molar-refractivity contribution in [2.75, 3.05) is 4.90 Å². The number of hydrogen-bond donors (Lipinski definition) is 0. The summed E-state index contributed by atoms with van der Waals surface area (Å²) in [5.41, 5.74) is 21.2. The SMILES string of the molecule is CC(C)(C)c1cc(-c2cccc3cccc(-c4ccccc4N(c4ccc(-c5cccc6c5-c5ccccc5C6(C)C)cc4)c4ccccc4-c4cccc5sc6ccccc6c45)c23)cc(C(C)(C)C)c1. The Morgan fingerprint density at radius 2 is 0.873 bits per heavy atom. The predicted molar refractivity (Wildman–Crippen MR) is 308 cm³/mol. The summed E-state index contributed by atoms with van der Waals surface area (Å²) in [7, 11) is 0. The van der Waals surface area contributed by atoms with Gasteiger partial charge in [-0.3, -0.25) is 0 Å². The van der Waals surface area contributed by atoms with Gasteiger partial charge in [0.15, 0.2) is 0 Å². The van der Waals surface area contributed by atoms with Crippen molar-refractivity contribution < 1.29 is 0 Å². The monoisotopic (exact) mass is 933 g/mol. The molecule has 0 unspecified atom stereocenters. The Kier molecular flexibility index (Phi) is 10.6. The van der Waals surface area contributed by atoms with Gasteiger partial charge in [0, 0.05) is 42.4 Å². The van der Waals surface area contributed by atoms with Gasteiger partial charge in [-0.05, 0) is 125 Å². The Morgan fingerprint density at radius 3 is 1.54 bits per heavy atom. The fourth-order valence-corrected chi connectivity index (χ4v) is 12.6. The van der Waals surface area contributed by atoms with E-state index >= 15 is 0 Å². The highest BCUT2D eigenvalue weighted by Crippen LogP contribution is 2.53. The fourth-order valence-electron chi connectivity index (χ4n) is 11.4. The van der Waals surface area contributed by atoms with Crippen LogP contribution >= 0.6 is 11.3 Å². The molecule has 1 nitrogen and oxygen atoms in total. The first-order valence-corrected chi connectivity index (χ1v) is 26.0. The van der Waals surface area contributed by atoms with E-state index in [4.69, 9.17) is 0 Å². The van der Waals surface area contributed by atoms with E-state index < -0.39 is 0 Å². The molecular formula is C69H59NS. The zero-order valence-corrected chi connectivity index (χ0v) is 42.9. The molecule has 0 atom stereocenters. The van der Waals surface area contributed by atoms with E-state index in [2.05, 4.69) is 273 Å². The maximum Gasteiger partial charge on any atom is 0.0540 e. The largest absolute Gasteiger partial charge is 0.309 e. The van der Waals surface area contributed by atoms with E-state index in [0.29, 0.717) is 0 Å². The quantitative estimate of drug-likeness (QED) is 0.154. The van der Waals surface area contributed by atoms with Crippen molar-refractivity contribution in [1.82, 2.24) is 0 Å². The zero-order chi connectivity index (χ0) is 48.8. The summed E-state index contributed by atoms with van der Waals surface area (Å²) >= 11 is 1.87. The van der Waals surface area contributed by atoms with Crippen molar-refractivity contribution in [2.24, 2.45) is 0 Å². The molecule has 0 bridgehead atoms. The minimum absolute atomic E-state index is 0.0132. The number of benzene rings is 10. The zero-order valence-electron chi connectivity index (χ0n) is 42.1. The molecule has 1 aliphatic carbocycles. The Balaban J connectivity index is 1.10. The van der Waals surface area contributed by atoms with Gasteiger partial charge in [0.1, 0.15) is 0 Å². The lowest BCUT2D eigenvalue weighted by Gasteiger charge is -2.30. The molecule has 0 fully saturated rings. The first-order chi connectivity index (χ1) is 34.3. The lowest BCUT2D eigenvalue weighted by atomic mass is 9.78. The lowest BCUT2D eigenvalue weighted by Crippen LogP contribution is -2.16. The van der Waals surface area contributed by atoms with Crippen LogP contribution in [0.4, 0.5) is 17.1 Å². The van der Waals surface area contributed by atoms with Crippen LogP contribution in [0.15, 0.2) is 212 Å². The molecule has 0 amide bonds. The standard InChI is InChI=1S/C69H59NS/c1-67(2,3)47-41-46(42-48(43-47)68(4,5)6)51-27-17-21-45-22-18-29-54(64(45)51)52-23-10-14-33-60(52)70(61-34-15-11-24-53(61)55-30-20-36-63-66(55)57-26-12-16-35-62(57)71-63)49-39-37-44(38-40-49)50-28-19-32-59-65(50)56-25-9-13-31-58(56)69(59,7)8/h9-43H,1-8H3. The molecule has 346 valence electrons. The van der Waals surface area contributed by atoms with Crippen molar-refractivity contribution in [1.29, 1.82) is 0 Å². The normalized spacial score (nSPS) is 13.2. The van der Waals surface area contributed by atoms with E-state index in [1.54, 1.807) is 0 Å². The smallest absolute Gasteiger partial charge is 0.0540 e. The molecule has 0 saturated carbocycles. The van der Waals surface area contributed by atoms with E-state index in [1.165, 1.54) is 109 Å². The third kappa shape index (κ3) is 7.51. The third-order valence-electron chi connectivity index (χ3n) is 15.2. The van der Waals surface area contributed by atoms with Crippen LogP contribution in [0, 0.1) is 0 Å². The van der Waals surface area contributed by atoms with Gasteiger partial charge < -0.3 is 4.90 Å². The highest BCUT2D eigenvalue weighted by molar-refractivity contribution is 7.25. The molecule has 0 radical (unpaired) electrons. The molecule has 0 aliphatic heterocycles. The van der Waals surface area contributed by atoms with Crippen molar-refractivity contribution in [2.45, 2.75) is 71.6 Å². The summed E-state index contributed by atoms with van der Waals surface area (Å²) in [6.07, 6.45) is 0. The van der Waals surface area contributed by atoms with Gasteiger partial charge in [-0.15, -0.1) is 11.3 Å². The Hall–Kier alpha value is -7.52.